The molecule has 0 saturated heterocycles. The summed E-state index contributed by atoms with van der Waals surface area (Å²) in [6, 6.07) is 8.00. The molecular formula is C16H15N3O. The maximum Gasteiger partial charge on any atom is 0.175 e. The Morgan fingerprint density at radius 2 is 2.15 bits per heavy atom. The molecule has 0 spiro atoms. The lowest BCUT2D eigenvalue weighted by Gasteiger charge is -2.24. The number of nitrogens with one attached hydrogen (secondary N) is 2. The van der Waals surface area contributed by atoms with E-state index in [-0.39, 0.29) is 11.7 Å². The number of carbonyl (C=O) groups excluding carboxylic acids is 1. The molecule has 2 N–H and O–H groups in total. The van der Waals surface area contributed by atoms with E-state index in [0.29, 0.717) is 5.92 Å². The third-order valence-corrected chi connectivity index (χ3v) is 4.23. The van der Waals surface area contributed by atoms with E-state index in [4.69, 9.17) is 0 Å². The van der Waals surface area contributed by atoms with Crippen LogP contribution in [0.5, 0.6) is 0 Å². The lowest BCUT2D eigenvalue weighted by molar-refractivity contribution is 0.0938. The summed E-state index contributed by atoms with van der Waals surface area (Å²) in [6.07, 6.45) is 4.28. The first-order valence-corrected chi connectivity index (χ1v) is 6.90. The van der Waals surface area contributed by atoms with Crippen LogP contribution in [0.25, 0.3) is 10.9 Å². The van der Waals surface area contributed by atoms with Crippen molar-refractivity contribution in [1.29, 1.82) is 0 Å². The van der Waals surface area contributed by atoms with Crippen LogP contribution in [0.15, 0.2) is 36.7 Å². The zero-order valence-electron chi connectivity index (χ0n) is 11.2. The monoisotopic (exact) mass is 265 g/mol. The molecular weight excluding hydrogens is 250 g/mol. The largest absolute Gasteiger partial charge is 0.358 e. The van der Waals surface area contributed by atoms with E-state index in [1.807, 2.05) is 24.3 Å². The number of carbonyl (C=O) groups is 1. The number of H-pyrrole nitrogens is 2. The molecule has 0 amide bonds. The number of imidazole rings is 1. The number of hydrogen-bond donors (Lipinski definition) is 2. The number of hydrogen-bond acceptors (Lipinski definition) is 2. The third kappa shape index (κ3) is 1.48. The molecule has 1 aromatic carbocycles. The Bertz CT molecular complexity index is 785. The van der Waals surface area contributed by atoms with E-state index < -0.39 is 0 Å². The summed E-state index contributed by atoms with van der Waals surface area (Å²) in [4.78, 5) is 23.6. The lowest BCUT2D eigenvalue weighted by atomic mass is 9.79. The van der Waals surface area contributed by atoms with Gasteiger partial charge in [0.2, 0.25) is 0 Å². The fourth-order valence-electron chi connectivity index (χ4n) is 3.25. The van der Waals surface area contributed by atoms with Crippen LogP contribution in [0.2, 0.25) is 0 Å². The van der Waals surface area contributed by atoms with Gasteiger partial charge in [-0.25, -0.2) is 4.98 Å². The molecule has 4 heteroatoms. The average Bonchev–Trinajstić information content (AvgIpc) is 3.09. The van der Waals surface area contributed by atoms with E-state index in [9.17, 15) is 4.79 Å². The van der Waals surface area contributed by atoms with Crippen molar-refractivity contribution in [3.8, 4) is 0 Å². The SMILES string of the molecule is CC1CC(c2ncc[nH]2)C(=O)c2c1[nH]c1ccccc21. The van der Waals surface area contributed by atoms with E-state index in [1.165, 1.54) is 0 Å². The Morgan fingerprint density at radius 1 is 1.30 bits per heavy atom. The van der Waals surface area contributed by atoms with Gasteiger partial charge in [0.15, 0.2) is 5.78 Å². The first-order valence-electron chi connectivity index (χ1n) is 6.90. The van der Waals surface area contributed by atoms with Gasteiger partial charge in [0.1, 0.15) is 5.82 Å². The van der Waals surface area contributed by atoms with E-state index in [0.717, 1.165) is 34.4 Å². The molecule has 0 radical (unpaired) electrons. The summed E-state index contributed by atoms with van der Waals surface area (Å²) < 4.78 is 0. The minimum Gasteiger partial charge on any atom is -0.358 e. The number of aromatic amines is 2. The second-order valence-corrected chi connectivity index (χ2v) is 5.49. The summed E-state index contributed by atoms with van der Waals surface area (Å²) in [7, 11) is 0. The number of nitrogens with zero attached hydrogens (tertiary/aromatic N) is 1. The Kier molecular flexibility index (Phi) is 2.33. The van der Waals surface area contributed by atoms with Gasteiger partial charge in [-0.15, -0.1) is 0 Å². The highest BCUT2D eigenvalue weighted by molar-refractivity contribution is 6.12. The highest BCUT2D eigenvalue weighted by Gasteiger charge is 2.36. The first kappa shape index (κ1) is 11.5. The fourth-order valence-corrected chi connectivity index (χ4v) is 3.25. The van der Waals surface area contributed by atoms with Crippen molar-refractivity contribution in [3.05, 3.63) is 53.7 Å². The van der Waals surface area contributed by atoms with E-state index >= 15 is 0 Å². The van der Waals surface area contributed by atoms with Crippen LogP contribution in [-0.2, 0) is 0 Å². The van der Waals surface area contributed by atoms with Crippen molar-refractivity contribution in [2.24, 2.45) is 0 Å². The van der Waals surface area contributed by atoms with Crippen LogP contribution in [0.1, 0.15) is 47.1 Å². The second kappa shape index (κ2) is 4.07. The number of benzene rings is 1. The molecule has 4 nitrogen and oxygen atoms in total. The van der Waals surface area contributed by atoms with Crippen molar-refractivity contribution in [2.75, 3.05) is 0 Å². The molecule has 3 aromatic rings. The van der Waals surface area contributed by atoms with E-state index in [2.05, 4.69) is 21.9 Å². The van der Waals surface area contributed by atoms with Gasteiger partial charge in [0, 0.05) is 34.6 Å². The predicted octanol–water partition coefficient (Wildman–Crippen LogP) is 3.36. The zero-order valence-corrected chi connectivity index (χ0v) is 11.2. The Hall–Kier alpha value is -2.36. The summed E-state index contributed by atoms with van der Waals surface area (Å²) >= 11 is 0. The number of Topliss-reactive ketones (excluding diaryl/α,β-unsaturated/α-hetero) is 1. The van der Waals surface area contributed by atoms with Gasteiger partial charge >= 0.3 is 0 Å². The smallest absolute Gasteiger partial charge is 0.175 e. The fraction of sp³-hybridized carbons (Fsp3) is 0.250. The highest BCUT2D eigenvalue weighted by Crippen LogP contribution is 2.41. The quantitative estimate of drug-likeness (QED) is 0.708. The molecule has 0 bridgehead atoms. The predicted molar refractivity (Wildman–Crippen MR) is 77.0 cm³/mol. The summed E-state index contributed by atoms with van der Waals surface area (Å²) in [5.74, 6) is 1.11. The third-order valence-electron chi connectivity index (χ3n) is 4.23. The number of ketones is 1. The van der Waals surface area contributed by atoms with Gasteiger partial charge in [0.25, 0.3) is 0 Å². The maximum atomic E-state index is 12.9. The summed E-state index contributed by atoms with van der Waals surface area (Å²) in [5.41, 5.74) is 2.96. The molecule has 0 aliphatic heterocycles. The molecule has 2 unspecified atom stereocenters. The normalized spacial score (nSPS) is 22.1. The van der Waals surface area contributed by atoms with Gasteiger partial charge in [-0.2, -0.15) is 0 Å². The second-order valence-electron chi connectivity index (χ2n) is 5.49. The maximum absolute atomic E-state index is 12.9. The topological polar surface area (TPSA) is 61.5 Å². The zero-order chi connectivity index (χ0) is 13.7. The molecule has 1 aliphatic rings. The molecule has 2 aromatic heterocycles. The molecule has 0 saturated carbocycles. The number of fused-ring (bicyclic) bond motifs is 3. The van der Waals surface area contributed by atoms with Crippen molar-refractivity contribution >= 4 is 16.7 Å². The van der Waals surface area contributed by atoms with Crippen molar-refractivity contribution < 1.29 is 4.79 Å². The standard InChI is InChI=1S/C16H15N3O/c1-9-8-11(16-17-6-7-18-16)15(20)13-10-4-2-3-5-12(10)19-14(9)13/h2-7,9,11,19H,8H2,1H3,(H,17,18). The minimum atomic E-state index is -0.160. The Labute approximate surface area is 116 Å². The molecule has 0 fully saturated rings. The van der Waals surface area contributed by atoms with Gasteiger partial charge in [-0.1, -0.05) is 25.1 Å². The number of rotatable bonds is 1. The van der Waals surface area contributed by atoms with Crippen LogP contribution >= 0.6 is 0 Å². The lowest BCUT2D eigenvalue weighted by Crippen LogP contribution is -2.23. The first-order chi connectivity index (χ1) is 9.75. The number of para-hydroxylation sites is 1. The Morgan fingerprint density at radius 3 is 2.95 bits per heavy atom. The Balaban J connectivity index is 1.93. The average molecular weight is 265 g/mol. The molecule has 4 rings (SSSR count). The van der Waals surface area contributed by atoms with Gasteiger partial charge in [0.05, 0.1) is 5.92 Å². The molecule has 1 aliphatic carbocycles. The summed E-state index contributed by atoms with van der Waals surface area (Å²) in [5, 5.41) is 1.02. The molecule has 20 heavy (non-hydrogen) atoms. The van der Waals surface area contributed by atoms with Crippen molar-refractivity contribution in [3.63, 3.8) is 0 Å². The van der Waals surface area contributed by atoms with Crippen LogP contribution in [0.4, 0.5) is 0 Å². The van der Waals surface area contributed by atoms with Crippen molar-refractivity contribution in [1.82, 2.24) is 15.0 Å². The highest BCUT2D eigenvalue weighted by atomic mass is 16.1. The van der Waals surface area contributed by atoms with Crippen LogP contribution in [0.3, 0.4) is 0 Å². The molecule has 100 valence electrons. The van der Waals surface area contributed by atoms with E-state index in [1.54, 1.807) is 12.4 Å². The summed E-state index contributed by atoms with van der Waals surface area (Å²) in [6.45, 7) is 2.16. The van der Waals surface area contributed by atoms with Crippen LogP contribution in [0, 0.1) is 0 Å². The van der Waals surface area contributed by atoms with Crippen LogP contribution < -0.4 is 0 Å². The van der Waals surface area contributed by atoms with Gasteiger partial charge < -0.3 is 9.97 Å². The van der Waals surface area contributed by atoms with Gasteiger partial charge in [-0.3, -0.25) is 4.79 Å². The minimum absolute atomic E-state index is 0.160. The molecule has 2 heterocycles. The van der Waals surface area contributed by atoms with Crippen molar-refractivity contribution in [2.45, 2.75) is 25.2 Å². The van der Waals surface area contributed by atoms with Crippen LogP contribution in [-0.4, -0.2) is 20.7 Å². The number of aromatic nitrogens is 3. The van der Waals surface area contributed by atoms with Gasteiger partial charge in [-0.05, 0) is 18.4 Å². The molecule has 2 atom stereocenters.